The second-order valence-electron chi connectivity index (χ2n) is 7.67. The molecular formula is C20H25F2NO2S. The Kier molecular flexibility index (Phi) is 5.61. The SMILES string of the molecule is CC(C)S(=O)(=O)CC1CCC(C2=CC(c3cc(F)cc(F)c3)=NC2)CC1. The van der Waals surface area contributed by atoms with E-state index in [0.717, 1.165) is 31.7 Å². The summed E-state index contributed by atoms with van der Waals surface area (Å²) < 4.78 is 51.0. The Morgan fingerprint density at radius 3 is 2.27 bits per heavy atom. The predicted octanol–water partition coefficient (Wildman–Crippen LogP) is 4.32. The fourth-order valence-electron chi connectivity index (χ4n) is 3.79. The highest BCUT2D eigenvalue weighted by atomic mass is 32.2. The van der Waals surface area contributed by atoms with E-state index in [0.29, 0.717) is 23.7 Å². The molecule has 0 bridgehead atoms. The van der Waals surface area contributed by atoms with E-state index in [1.807, 2.05) is 6.08 Å². The van der Waals surface area contributed by atoms with Gasteiger partial charge in [0, 0.05) is 11.6 Å². The van der Waals surface area contributed by atoms with Crippen LogP contribution < -0.4 is 0 Å². The maximum atomic E-state index is 13.4. The van der Waals surface area contributed by atoms with Crippen LogP contribution in [0, 0.1) is 23.5 Å². The predicted molar refractivity (Wildman–Crippen MR) is 100 cm³/mol. The highest BCUT2D eigenvalue weighted by molar-refractivity contribution is 7.91. The van der Waals surface area contributed by atoms with Crippen molar-refractivity contribution in [2.45, 2.75) is 44.8 Å². The number of rotatable bonds is 5. The number of sulfone groups is 1. The number of nitrogens with zero attached hydrogens (tertiary/aromatic N) is 1. The molecule has 0 atom stereocenters. The summed E-state index contributed by atoms with van der Waals surface area (Å²) in [6, 6.07) is 3.46. The molecule has 2 aliphatic rings. The van der Waals surface area contributed by atoms with Crippen LogP contribution in [0.15, 0.2) is 34.8 Å². The molecule has 3 rings (SSSR count). The van der Waals surface area contributed by atoms with Crippen molar-refractivity contribution < 1.29 is 17.2 Å². The molecule has 0 N–H and O–H groups in total. The van der Waals surface area contributed by atoms with Crippen molar-refractivity contribution in [2.24, 2.45) is 16.8 Å². The van der Waals surface area contributed by atoms with Crippen molar-refractivity contribution in [1.82, 2.24) is 0 Å². The summed E-state index contributed by atoms with van der Waals surface area (Å²) in [6.45, 7) is 4.03. The molecule has 1 aromatic carbocycles. The lowest BCUT2D eigenvalue weighted by Crippen LogP contribution is -2.27. The number of benzene rings is 1. The second-order valence-corrected chi connectivity index (χ2v) is 10.3. The molecule has 1 saturated carbocycles. The van der Waals surface area contributed by atoms with Gasteiger partial charge in [-0.3, -0.25) is 4.99 Å². The van der Waals surface area contributed by atoms with Crippen LogP contribution in [-0.2, 0) is 9.84 Å². The molecule has 1 aliphatic carbocycles. The van der Waals surface area contributed by atoms with Crippen LogP contribution in [0.4, 0.5) is 8.78 Å². The lowest BCUT2D eigenvalue weighted by molar-refractivity contribution is 0.320. The van der Waals surface area contributed by atoms with Gasteiger partial charge in [-0.2, -0.15) is 0 Å². The Morgan fingerprint density at radius 1 is 1.08 bits per heavy atom. The molecule has 6 heteroatoms. The van der Waals surface area contributed by atoms with E-state index in [4.69, 9.17) is 0 Å². The van der Waals surface area contributed by atoms with Gasteiger partial charge < -0.3 is 0 Å². The summed E-state index contributed by atoms with van der Waals surface area (Å²) in [5, 5.41) is -0.319. The molecule has 0 saturated heterocycles. The molecule has 0 amide bonds. The van der Waals surface area contributed by atoms with Gasteiger partial charge in [-0.1, -0.05) is 0 Å². The summed E-state index contributed by atoms with van der Waals surface area (Å²) >= 11 is 0. The van der Waals surface area contributed by atoms with Crippen molar-refractivity contribution in [3.63, 3.8) is 0 Å². The van der Waals surface area contributed by atoms with Gasteiger partial charge in [-0.15, -0.1) is 0 Å². The second kappa shape index (κ2) is 7.59. The Labute approximate surface area is 154 Å². The van der Waals surface area contributed by atoms with Crippen molar-refractivity contribution in [3.8, 4) is 0 Å². The first kappa shape index (κ1) is 19.2. The number of hydrogen-bond acceptors (Lipinski definition) is 3. The highest BCUT2D eigenvalue weighted by Gasteiger charge is 2.29. The van der Waals surface area contributed by atoms with Gasteiger partial charge in [0.2, 0.25) is 0 Å². The number of aliphatic imine (C=N–C) groups is 1. The van der Waals surface area contributed by atoms with Gasteiger partial charge in [0.05, 0.1) is 23.3 Å². The van der Waals surface area contributed by atoms with Crippen molar-refractivity contribution in [1.29, 1.82) is 0 Å². The maximum Gasteiger partial charge on any atom is 0.152 e. The Morgan fingerprint density at radius 2 is 1.69 bits per heavy atom. The minimum atomic E-state index is -3.00. The van der Waals surface area contributed by atoms with Crippen molar-refractivity contribution in [3.05, 3.63) is 47.0 Å². The molecule has 0 aromatic heterocycles. The summed E-state index contributed by atoms with van der Waals surface area (Å²) in [4.78, 5) is 4.44. The first-order chi connectivity index (χ1) is 12.2. The molecule has 1 fully saturated rings. The monoisotopic (exact) mass is 381 g/mol. The zero-order valence-corrected chi connectivity index (χ0v) is 16.0. The molecular weight excluding hydrogens is 356 g/mol. The van der Waals surface area contributed by atoms with Crippen LogP contribution in [0.1, 0.15) is 45.1 Å². The van der Waals surface area contributed by atoms with Crippen LogP contribution in [0.2, 0.25) is 0 Å². The number of halogens is 2. The molecule has 0 unspecified atom stereocenters. The van der Waals surface area contributed by atoms with E-state index in [9.17, 15) is 17.2 Å². The van der Waals surface area contributed by atoms with Gasteiger partial charge in [-0.25, -0.2) is 17.2 Å². The Balaban J connectivity index is 1.61. The Hall–Kier alpha value is -1.56. The topological polar surface area (TPSA) is 46.5 Å². The largest absolute Gasteiger partial charge is 0.280 e. The fraction of sp³-hybridized carbons (Fsp3) is 0.550. The summed E-state index contributed by atoms with van der Waals surface area (Å²) in [7, 11) is -3.00. The third-order valence-electron chi connectivity index (χ3n) is 5.47. The van der Waals surface area contributed by atoms with E-state index in [-0.39, 0.29) is 16.9 Å². The third kappa shape index (κ3) is 4.40. The fourth-order valence-corrected chi connectivity index (χ4v) is 5.16. The lowest BCUT2D eigenvalue weighted by Gasteiger charge is -2.29. The smallest absolute Gasteiger partial charge is 0.152 e. The molecule has 1 aliphatic heterocycles. The van der Waals surface area contributed by atoms with Gasteiger partial charge in [0.25, 0.3) is 0 Å². The van der Waals surface area contributed by atoms with Crippen LogP contribution in [0.3, 0.4) is 0 Å². The number of hydrogen-bond donors (Lipinski definition) is 0. The van der Waals surface area contributed by atoms with Gasteiger partial charge in [0.15, 0.2) is 9.84 Å². The summed E-state index contributed by atoms with van der Waals surface area (Å²) in [5.41, 5.74) is 2.28. The van der Waals surface area contributed by atoms with Crippen LogP contribution in [-0.4, -0.2) is 31.7 Å². The van der Waals surface area contributed by atoms with Crippen LogP contribution in [0.25, 0.3) is 0 Å². The van der Waals surface area contributed by atoms with E-state index < -0.39 is 21.5 Å². The van der Waals surface area contributed by atoms with E-state index in [2.05, 4.69) is 4.99 Å². The molecule has 0 radical (unpaired) electrons. The standard InChI is InChI=1S/C20H25F2NO2S/c1-13(2)26(24,25)12-14-3-5-15(6-4-14)17-9-20(23-11-17)16-7-18(21)10-19(22)8-16/h7-10,13-15H,3-6,11-12H2,1-2H3. The number of allylic oxidation sites excluding steroid dienone is 1. The third-order valence-corrected chi connectivity index (χ3v) is 7.84. The van der Waals surface area contributed by atoms with Gasteiger partial charge in [-0.05, 0) is 75.1 Å². The molecule has 3 nitrogen and oxygen atoms in total. The van der Waals surface area contributed by atoms with Crippen molar-refractivity contribution in [2.75, 3.05) is 12.3 Å². The average molecular weight is 381 g/mol. The average Bonchev–Trinajstić information content (AvgIpc) is 3.04. The molecule has 26 heavy (non-hydrogen) atoms. The highest BCUT2D eigenvalue weighted by Crippen LogP contribution is 2.36. The molecule has 142 valence electrons. The van der Waals surface area contributed by atoms with Gasteiger partial charge in [0.1, 0.15) is 11.6 Å². The minimum Gasteiger partial charge on any atom is -0.280 e. The molecule has 0 spiro atoms. The maximum absolute atomic E-state index is 13.4. The van der Waals surface area contributed by atoms with Crippen molar-refractivity contribution >= 4 is 15.5 Å². The van der Waals surface area contributed by atoms with E-state index in [1.54, 1.807) is 13.8 Å². The van der Waals surface area contributed by atoms with E-state index >= 15 is 0 Å². The Bertz CT molecular complexity index is 815. The van der Waals surface area contributed by atoms with Gasteiger partial charge >= 0.3 is 0 Å². The normalized spacial score (nSPS) is 23.9. The zero-order chi connectivity index (χ0) is 18.9. The van der Waals surface area contributed by atoms with E-state index in [1.165, 1.54) is 17.7 Å². The van der Waals surface area contributed by atoms with Crippen LogP contribution >= 0.6 is 0 Å². The van der Waals surface area contributed by atoms with Crippen LogP contribution in [0.5, 0.6) is 0 Å². The minimum absolute atomic E-state index is 0.235. The lowest BCUT2D eigenvalue weighted by atomic mass is 9.79. The quantitative estimate of drug-likeness (QED) is 0.762. The molecule has 1 aromatic rings. The summed E-state index contributed by atoms with van der Waals surface area (Å²) in [6.07, 6.45) is 5.65. The first-order valence-electron chi connectivity index (χ1n) is 9.17. The molecule has 1 heterocycles. The summed E-state index contributed by atoms with van der Waals surface area (Å²) in [5.74, 6) is -0.306. The zero-order valence-electron chi connectivity index (χ0n) is 15.2. The first-order valence-corrected chi connectivity index (χ1v) is 10.9.